The van der Waals surface area contributed by atoms with Gasteiger partial charge in [0.15, 0.2) is 5.13 Å². The van der Waals surface area contributed by atoms with E-state index in [1.54, 1.807) is 7.11 Å². The summed E-state index contributed by atoms with van der Waals surface area (Å²) in [7, 11) is 1.64. The van der Waals surface area contributed by atoms with Crippen LogP contribution in [0.4, 0.5) is 5.13 Å². The van der Waals surface area contributed by atoms with Crippen LogP contribution in [-0.4, -0.2) is 18.0 Å². The van der Waals surface area contributed by atoms with E-state index >= 15 is 0 Å². The van der Waals surface area contributed by atoms with Gasteiger partial charge >= 0.3 is 0 Å². The normalized spacial score (nSPS) is 10.3. The number of carbonyl (C=O) groups is 1. The van der Waals surface area contributed by atoms with E-state index in [1.165, 1.54) is 11.3 Å². The van der Waals surface area contributed by atoms with Gasteiger partial charge in [0, 0.05) is 16.5 Å². The zero-order valence-corrected chi connectivity index (χ0v) is 13.7. The van der Waals surface area contributed by atoms with Gasteiger partial charge in [0.25, 0.3) is 5.91 Å². The Kier molecular flexibility index (Phi) is 4.39. The maximum Gasteiger partial charge on any atom is 0.257 e. The number of hydrogen-bond acceptors (Lipinski definition) is 4. The predicted molar refractivity (Wildman–Crippen MR) is 93.2 cm³/mol. The van der Waals surface area contributed by atoms with E-state index in [9.17, 15) is 4.79 Å². The van der Waals surface area contributed by atoms with Crippen LogP contribution in [0.5, 0.6) is 5.75 Å². The molecule has 5 heteroatoms. The number of anilines is 1. The highest BCUT2D eigenvalue weighted by Crippen LogP contribution is 2.26. The predicted octanol–water partition coefficient (Wildman–Crippen LogP) is 4.38. The van der Waals surface area contributed by atoms with Crippen molar-refractivity contribution < 1.29 is 9.53 Å². The van der Waals surface area contributed by atoms with Crippen molar-refractivity contribution in [1.82, 2.24) is 4.98 Å². The molecule has 23 heavy (non-hydrogen) atoms. The van der Waals surface area contributed by atoms with Gasteiger partial charge in [0.2, 0.25) is 0 Å². The number of ether oxygens (including phenoxy) is 1. The van der Waals surface area contributed by atoms with Crippen LogP contribution in [0.2, 0.25) is 0 Å². The molecule has 0 aliphatic rings. The van der Waals surface area contributed by atoms with E-state index in [4.69, 9.17) is 4.74 Å². The minimum absolute atomic E-state index is 0.152. The number of hydrogen-bond donors (Lipinski definition) is 1. The van der Waals surface area contributed by atoms with Crippen molar-refractivity contribution in [3.63, 3.8) is 0 Å². The SMILES string of the molecule is COc1ccc(-c2csc(NC(=O)c3ccc(C)cc3)n2)cc1. The van der Waals surface area contributed by atoms with Crippen LogP contribution in [0.1, 0.15) is 15.9 Å². The highest BCUT2D eigenvalue weighted by molar-refractivity contribution is 7.14. The van der Waals surface area contributed by atoms with E-state index in [1.807, 2.05) is 60.8 Å². The molecular weight excluding hydrogens is 308 g/mol. The first kappa shape index (κ1) is 15.2. The fraction of sp³-hybridized carbons (Fsp3) is 0.111. The molecule has 0 saturated heterocycles. The Bertz CT molecular complexity index is 808. The van der Waals surface area contributed by atoms with Crippen LogP contribution in [0.25, 0.3) is 11.3 Å². The highest BCUT2D eigenvalue weighted by atomic mass is 32.1. The molecule has 0 spiro atoms. The Hall–Kier alpha value is -2.66. The first-order chi connectivity index (χ1) is 11.2. The van der Waals surface area contributed by atoms with Crippen LogP contribution in [-0.2, 0) is 0 Å². The Morgan fingerprint density at radius 2 is 1.78 bits per heavy atom. The highest BCUT2D eigenvalue weighted by Gasteiger charge is 2.10. The summed E-state index contributed by atoms with van der Waals surface area (Å²) in [6.07, 6.45) is 0. The standard InChI is InChI=1S/C18H16N2O2S/c1-12-3-5-14(6-4-12)17(21)20-18-19-16(11-23-18)13-7-9-15(22-2)10-8-13/h3-11H,1-2H3,(H,19,20,21). The zero-order valence-electron chi connectivity index (χ0n) is 12.9. The Balaban J connectivity index is 1.73. The lowest BCUT2D eigenvalue weighted by atomic mass is 10.1. The lowest BCUT2D eigenvalue weighted by molar-refractivity contribution is 0.102. The number of rotatable bonds is 4. The second kappa shape index (κ2) is 6.62. The number of aryl methyl sites for hydroxylation is 1. The molecule has 1 aromatic heterocycles. The van der Waals surface area contributed by atoms with E-state index in [2.05, 4.69) is 10.3 Å². The van der Waals surface area contributed by atoms with Crippen molar-refractivity contribution in [1.29, 1.82) is 0 Å². The number of nitrogens with zero attached hydrogens (tertiary/aromatic N) is 1. The third kappa shape index (κ3) is 3.57. The van der Waals surface area contributed by atoms with Gasteiger partial charge in [0.1, 0.15) is 5.75 Å². The lowest BCUT2D eigenvalue weighted by Gasteiger charge is -2.02. The monoisotopic (exact) mass is 324 g/mol. The minimum Gasteiger partial charge on any atom is -0.497 e. The molecule has 2 aromatic carbocycles. The summed E-state index contributed by atoms with van der Waals surface area (Å²) in [5.41, 5.74) is 3.56. The number of aromatic nitrogens is 1. The van der Waals surface area contributed by atoms with Gasteiger partial charge in [-0.05, 0) is 43.3 Å². The molecule has 3 rings (SSSR count). The average molecular weight is 324 g/mol. The van der Waals surface area contributed by atoms with Crippen LogP contribution in [0.15, 0.2) is 53.9 Å². The van der Waals surface area contributed by atoms with Gasteiger partial charge < -0.3 is 4.74 Å². The molecule has 116 valence electrons. The first-order valence-electron chi connectivity index (χ1n) is 7.13. The molecular formula is C18H16N2O2S. The molecule has 0 bridgehead atoms. The molecule has 1 amide bonds. The van der Waals surface area contributed by atoms with Crippen LogP contribution < -0.4 is 10.1 Å². The Morgan fingerprint density at radius 1 is 1.09 bits per heavy atom. The second-order valence-corrected chi connectivity index (χ2v) is 5.94. The van der Waals surface area contributed by atoms with Crippen molar-refractivity contribution in [3.05, 3.63) is 65.0 Å². The van der Waals surface area contributed by atoms with Gasteiger partial charge in [0.05, 0.1) is 12.8 Å². The summed E-state index contributed by atoms with van der Waals surface area (Å²) in [4.78, 5) is 16.7. The molecule has 0 saturated carbocycles. The van der Waals surface area contributed by atoms with Crippen LogP contribution >= 0.6 is 11.3 Å². The molecule has 0 fully saturated rings. The van der Waals surface area contributed by atoms with E-state index in [0.29, 0.717) is 10.7 Å². The van der Waals surface area contributed by atoms with Crippen molar-refractivity contribution in [2.75, 3.05) is 12.4 Å². The molecule has 0 radical (unpaired) electrons. The number of methoxy groups -OCH3 is 1. The number of thiazole rings is 1. The first-order valence-corrected chi connectivity index (χ1v) is 8.01. The summed E-state index contributed by atoms with van der Waals surface area (Å²) in [6, 6.07) is 15.1. The lowest BCUT2D eigenvalue weighted by Crippen LogP contribution is -2.11. The van der Waals surface area contributed by atoms with Crippen molar-refractivity contribution in [2.24, 2.45) is 0 Å². The van der Waals surface area contributed by atoms with Crippen molar-refractivity contribution in [2.45, 2.75) is 6.92 Å². The maximum absolute atomic E-state index is 12.2. The Labute approximate surface area is 138 Å². The van der Waals surface area contributed by atoms with Gasteiger partial charge in [-0.15, -0.1) is 11.3 Å². The molecule has 0 atom stereocenters. The van der Waals surface area contributed by atoms with Crippen molar-refractivity contribution in [3.8, 4) is 17.0 Å². The van der Waals surface area contributed by atoms with Gasteiger partial charge in [-0.3, -0.25) is 10.1 Å². The summed E-state index contributed by atoms with van der Waals surface area (Å²) in [5, 5.41) is 5.34. The van der Waals surface area contributed by atoms with Gasteiger partial charge in [-0.25, -0.2) is 4.98 Å². The number of benzene rings is 2. The largest absolute Gasteiger partial charge is 0.497 e. The summed E-state index contributed by atoms with van der Waals surface area (Å²) in [6.45, 7) is 1.99. The zero-order chi connectivity index (χ0) is 16.2. The van der Waals surface area contributed by atoms with Crippen molar-refractivity contribution >= 4 is 22.4 Å². The number of carbonyl (C=O) groups excluding carboxylic acids is 1. The average Bonchev–Trinajstić information content (AvgIpc) is 3.04. The minimum atomic E-state index is -0.152. The molecule has 1 heterocycles. The smallest absolute Gasteiger partial charge is 0.257 e. The van der Waals surface area contributed by atoms with E-state index < -0.39 is 0 Å². The van der Waals surface area contributed by atoms with Gasteiger partial charge in [-0.1, -0.05) is 17.7 Å². The summed E-state index contributed by atoms with van der Waals surface area (Å²) >= 11 is 1.41. The fourth-order valence-electron chi connectivity index (χ4n) is 2.10. The topological polar surface area (TPSA) is 51.2 Å². The maximum atomic E-state index is 12.2. The summed E-state index contributed by atoms with van der Waals surface area (Å²) in [5.74, 6) is 0.650. The van der Waals surface area contributed by atoms with E-state index in [-0.39, 0.29) is 5.91 Å². The molecule has 0 aliphatic heterocycles. The molecule has 4 nitrogen and oxygen atoms in total. The van der Waals surface area contributed by atoms with E-state index in [0.717, 1.165) is 22.6 Å². The Morgan fingerprint density at radius 3 is 2.43 bits per heavy atom. The molecule has 0 aliphatic carbocycles. The fourth-order valence-corrected chi connectivity index (χ4v) is 2.81. The molecule has 3 aromatic rings. The second-order valence-electron chi connectivity index (χ2n) is 5.09. The molecule has 0 unspecified atom stereocenters. The van der Waals surface area contributed by atoms with Crippen LogP contribution in [0, 0.1) is 6.92 Å². The van der Waals surface area contributed by atoms with Crippen LogP contribution in [0.3, 0.4) is 0 Å². The quantitative estimate of drug-likeness (QED) is 0.775. The van der Waals surface area contributed by atoms with Gasteiger partial charge in [-0.2, -0.15) is 0 Å². The third-order valence-corrected chi connectivity index (χ3v) is 4.18. The number of amides is 1. The third-order valence-electron chi connectivity index (χ3n) is 3.42. The molecule has 1 N–H and O–H groups in total. The summed E-state index contributed by atoms with van der Waals surface area (Å²) < 4.78 is 5.15. The number of nitrogens with one attached hydrogen (secondary N) is 1.